The van der Waals surface area contributed by atoms with Gasteiger partial charge < -0.3 is 16.0 Å². The minimum Gasteiger partial charge on any atom is -0.383 e. The van der Waals surface area contributed by atoms with Crippen molar-refractivity contribution in [2.45, 2.75) is 33.1 Å². The van der Waals surface area contributed by atoms with Crippen molar-refractivity contribution in [3.8, 4) is 0 Å². The Kier molecular flexibility index (Phi) is 4.96. The fourth-order valence-corrected chi connectivity index (χ4v) is 2.67. The highest BCUT2D eigenvalue weighted by Crippen LogP contribution is 2.21. The minimum atomic E-state index is 0.598. The summed E-state index contributed by atoms with van der Waals surface area (Å²) in [6.45, 7) is 8.91. The van der Waals surface area contributed by atoms with Crippen LogP contribution in [0.5, 0.6) is 0 Å². The first-order valence-corrected chi connectivity index (χ1v) is 7.30. The molecule has 0 unspecified atom stereocenters. The smallest absolute Gasteiger partial charge is 0.134 e. The lowest BCUT2D eigenvalue weighted by Crippen LogP contribution is -2.35. The Morgan fingerprint density at radius 2 is 2.05 bits per heavy atom. The molecule has 1 aromatic heterocycles. The second-order valence-electron chi connectivity index (χ2n) is 5.20. The second-order valence-corrected chi connectivity index (χ2v) is 5.20. The Morgan fingerprint density at radius 1 is 1.32 bits per heavy atom. The van der Waals surface area contributed by atoms with Crippen LogP contribution in [0.15, 0.2) is 6.33 Å². The van der Waals surface area contributed by atoms with Crippen LogP contribution in [0, 0.1) is 5.92 Å². The molecule has 0 aromatic carbocycles. The molecule has 0 bridgehead atoms. The van der Waals surface area contributed by atoms with Gasteiger partial charge in [0.05, 0.1) is 0 Å². The van der Waals surface area contributed by atoms with E-state index in [0.717, 1.165) is 30.3 Å². The van der Waals surface area contributed by atoms with Crippen LogP contribution in [-0.2, 0) is 6.42 Å². The van der Waals surface area contributed by atoms with E-state index in [1.165, 1.54) is 38.8 Å². The first kappa shape index (κ1) is 14.1. The van der Waals surface area contributed by atoms with Gasteiger partial charge in [-0.05, 0) is 44.8 Å². The third-order valence-corrected chi connectivity index (χ3v) is 4.04. The molecule has 106 valence electrons. The molecule has 0 saturated carbocycles. The van der Waals surface area contributed by atoms with Crippen LogP contribution >= 0.6 is 0 Å². The molecule has 1 saturated heterocycles. The lowest BCUT2D eigenvalue weighted by Gasteiger charge is -2.31. The average Bonchev–Trinajstić information content (AvgIpc) is 2.45. The zero-order valence-electron chi connectivity index (χ0n) is 12.0. The van der Waals surface area contributed by atoms with Crippen LogP contribution in [0.4, 0.5) is 11.6 Å². The lowest BCUT2D eigenvalue weighted by atomic mass is 9.97. The van der Waals surface area contributed by atoms with Crippen molar-refractivity contribution in [3.63, 3.8) is 0 Å². The number of hydrogen-bond acceptors (Lipinski definition) is 5. The number of rotatable bonds is 5. The zero-order chi connectivity index (χ0) is 13.7. The first-order chi connectivity index (χ1) is 9.24. The van der Waals surface area contributed by atoms with E-state index in [9.17, 15) is 0 Å². The predicted octanol–water partition coefficient (Wildman–Crippen LogP) is 1.77. The molecular formula is C14H25N5. The molecule has 1 aromatic rings. The van der Waals surface area contributed by atoms with Crippen LogP contribution in [0.25, 0.3) is 0 Å². The van der Waals surface area contributed by atoms with Gasteiger partial charge in [0.25, 0.3) is 0 Å². The molecule has 0 aliphatic carbocycles. The summed E-state index contributed by atoms with van der Waals surface area (Å²) in [5, 5.41) is 3.46. The van der Waals surface area contributed by atoms with E-state index < -0.39 is 0 Å². The quantitative estimate of drug-likeness (QED) is 0.847. The van der Waals surface area contributed by atoms with Crippen LogP contribution in [0.3, 0.4) is 0 Å². The molecule has 0 radical (unpaired) electrons. The molecule has 5 nitrogen and oxygen atoms in total. The number of nitrogen functional groups attached to an aromatic ring is 1. The number of nitrogens with zero attached hydrogens (tertiary/aromatic N) is 3. The molecular weight excluding hydrogens is 238 g/mol. The van der Waals surface area contributed by atoms with Crippen molar-refractivity contribution in [2.24, 2.45) is 5.92 Å². The normalized spacial score (nSPS) is 17.6. The number of aromatic nitrogens is 2. The van der Waals surface area contributed by atoms with Crippen LogP contribution in [0.2, 0.25) is 0 Å². The van der Waals surface area contributed by atoms with Gasteiger partial charge in [-0.1, -0.05) is 13.8 Å². The largest absolute Gasteiger partial charge is 0.383 e. The molecule has 1 aliphatic rings. The Labute approximate surface area is 115 Å². The summed E-state index contributed by atoms with van der Waals surface area (Å²) in [7, 11) is 0. The Hall–Kier alpha value is -1.36. The van der Waals surface area contributed by atoms with Gasteiger partial charge >= 0.3 is 0 Å². The summed E-state index contributed by atoms with van der Waals surface area (Å²) in [5.41, 5.74) is 6.91. The van der Waals surface area contributed by atoms with Crippen LogP contribution in [-0.4, -0.2) is 41.0 Å². The summed E-state index contributed by atoms with van der Waals surface area (Å²) in [4.78, 5) is 10.9. The van der Waals surface area contributed by atoms with Crippen molar-refractivity contribution in [2.75, 3.05) is 37.2 Å². The summed E-state index contributed by atoms with van der Waals surface area (Å²) < 4.78 is 0. The highest BCUT2D eigenvalue weighted by Gasteiger charge is 2.18. The van der Waals surface area contributed by atoms with Gasteiger partial charge in [-0.15, -0.1) is 0 Å². The van der Waals surface area contributed by atoms with Gasteiger partial charge in [0.1, 0.15) is 18.0 Å². The molecule has 1 fully saturated rings. The Morgan fingerprint density at radius 3 is 2.68 bits per heavy atom. The predicted molar refractivity (Wildman–Crippen MR) is 79.2 cm³/mol. The number of piperidine rings is 1. The molecule has 0 atom stereocenters. The number of nitrogens with one attached hydrogen (secondary N) is 1. The van der Waals surface area contributed by atoms with E-state index in [4.69, 9.17) is 5.73 Å². The molecule has 0 spiro atoms. The third kappa shape index (κ3) is 3.56. The van der Waals surface area contributed by atoms with Crippen molar-refractivity contribution in [3.05, 3.63) is 11.9 Å². The van der Waals surface area contributed by atoms with Crippen molar-refractivity contribution < 1.29 is 0 Å². The van der Waals surface area contributed by atoms with Gasteiger partial charge in [0.2, 0.25) is 0 Å². The van der Waals surface area contributed by atoms with E-state index in [2.05, 4.69) is 34.0 Å². The highest BCUT2D eigenvalue weighted by atomic mass is 15.1. The monoisotopic (exact) mass is 263 g/mol. The van der Waals surface area contributed by atoms with Gasteiger partial charge in [0.15, 0.2) is 0 Å². The number of nitrogens with two attached hydrogens (primary N) is 1. The fraction of sp³-hybridized carbons (Fsp3) is 0.714. The standard InChI is InChI=1S/C14H25N5/c1-3-12-13(15)17-10-18-14(12)16-9-11-5-7-19(4-2)8-6-11/h10-11H,3-9H2,1-2H3,(H3,15,16,17,18). The molecule has 0 amide bonds. The van der Waals surface area contributed by atoms with Crippen molar-refractivity contribution in [1.29, 1.82) is 0 Å². The van der Waals surface area contributed by atoms with Crippen LogP contribution in [0.1, 0.15) is 32.3 Å². The number of anilines is 2. The topological polar surface area (TPSA) is 67.1 Å². The van der Waals surface area contributed by atoms with E-state index in [1.807, 2.05) is 0 Å². The minimum absolute atomic E-state index is 0.598. The highest BCUT2D eigenvalue weighted by molar-refractivity contribution is 5.54. The summed E-state index contributed by atoms with van der Waals surface area (Å²) in [6.07, 6.45) is 4.94. The third-order valence-electron chi connectivity index (χ3n) is 4.04. The zero-order valence-corrected chi connectivity index (χ0v) is 12.0. The second kappa shape index (κ2) is 6.70. The SMILES string of the molecule is CCc1c(N)ncnc1NCC1CCN(CC)CC1. The molecule has 3 N–H and O–H groups in total. The fourth-order valence-electron chi connectivity index (χ4n) is 2.67. The number of hydrogen-bond donors (Lipinski definition) is 2. The molecule has 2 rings (SSSR count). The van der Waals surface area contributed by atoms with E-state index in [0.29, 0.717) is 5.82 Å². The van der Waals surface area contributed by atoms with Crippen molar-refractivity contribution in [1.82, 2.24) is 14.9 Å². The first-order valence-electron chi connectivity index (χ1n) is 7.30. The molecule has 1 aliphatic heterocycles. The summed E-state index contributed by atoms with van der Waals surface area (Å²) in [6, 6.07) is 0. The van der Waals surface area contributed by atoms with E-state index >= 15 is 0 Å². The average molecular weight is 263 g/mol. The van der Waals surface area contributed by atoms with E-state index in [-0.39, 0.29) is 0 Å². The van der Waals surface area contributed by atoms with Gasteiger partial charge in [-0.3, -0.25) is 0 Å². The van der Waals surface area contributed by atoms with Gasteiger partial charge in [-0.25, -0.2) is 9.97 Å². The summed E-state index contributed by atoms with van der Waals surface area (Å²) >= 11 is 0. The Balaban J connectivity index is 1.88. The van der Waals surface area contributed by atoms with E-state index in [1.54, 1.807) is 0 Å². The molecule has 2 heterocycles. The molecule has 19 heavy (non-hydrogen) atoms. The van der Waals surface area contributed by atoms with Gasteiger partial charge in [-0.2, -0.15) is 0 Å². The lowest BCUT2D eigenvalue weighted by molar-refractivity contribution is 0.198. The Bertz CT molecular complexity index is 399. The maximum atomic E-state index is 5.88. The maximum Gasteiger partial charge on any atom is 0.134 e. The summed E-state index contributed by atoms with van der Waals surface area (Å²) in [5.74, 6) is 2.25. The van der Waals surface area contributed by atoms with Crippen molar-refractivity contribution >= 4 is 11.6 Å². The number of likely N-dealkylation sites (tertiary alicyclic amines) is 1. The van der Waals surface area contributed by atoms with Gasteiger partial charge in [0, 0.05) is 12.1 Å². The molecule has 5 heteroatoms. The van der Waals surface area contributed by atoms with Crippen LogP contribution < -0.4 is 11.1 Å². The maximum absolute atomic E-state index is 5.88.